The molecule has 0 aliphatic heterocycles. The molecule has 0 bridgehead atoms. The molecule has 0 N–H and O–H groups in total. The maximum absolute atomic E-state index is 4.09. The van der Waals surface area contributed by atoms with Crippen molar-refractivity contribution in [3.63, 3.8) is 0 Å². The van der Waals surface area contributed by atoms with E-state index in [0.717, 1.165) is 17.1 Å². The summed E-state index contributed by atoms with van der Waals surface area (Å²) in [6, 6.07) is 0. The van der Waals surface area contributed by atoms with Gasteiger partial charge in [0, 0.05) is 18.1 Å². The van der Waals surface area contributed by atoms with E-state index in [1.807, 2.05) is 20.8 Å². The predicted molar refractivity (Wildman–Crippen MR) is 53.0 cm³/mol. The first-order chi connectivity index (χ1) is 6.20. The SMILES string of the molecule is CC(C)=N/N=C(\C)c1cnccn1. The second-order valence-corrected chi connectivity index (χ2v) is 2.82. The van der Waals surface area contributed by atoms with Crippen molar-refractivity contribution in [2.24, 2.45) is 10.2 Å². The molecule has 0 saturated carbocycles. The van der Waals surface area contributed by atoms with Crippen molar-refractivity contribution in [3.05, 3.63) is 24.3 Å². The standard InChI is InChI=1S/C9H12N4/c1-7(2)12-13-8(3)9-6-10-4-5-11-9/h4-6H,1-3H3/b13-8+. The summed E-state index contributed by atoms with van der Waals surface area (Å²) in [5, 5.41) is 7.93. The number of nitrogens with zero attached hydrogens (tertiary/aromatic N) is 4. The Bertz CT molecular complexity index is 323. The molecule has 4 nitrogen and oxygen atoms in total. The second kappa shape index (κ2) is 4.45. The number of hydrogen-bond acceptors (Lipinski definition) is 4. The lowest BCUT2D eigenvalue weighted by atomic mass is 10.3. The topological polar surface area (TPSA) is 50.5 Å². The molecule has 0 fully saturated rings. The van der Waals surface area contributed by atoms with Crippen LogP contribution in [0.5, 0.6) is 0 Å². The third-order valence-corrected chi connectivity index (χ3v) is 1.33. The maximum atomic E-state index is 4.09. The zero-order chi connectivity index (χ0) is 9.68. The van der Waals surface area contributed by atoms with E-state index in [-0.39, 0.29) is 0 Å². The molecule has 0 radical (unpaired) electrons. The lowest BCUT2D eigenvalue weighted by Crippen LogP contribution is -1.98. The smallest absolute Gasteiger partial charge is 0.104 e. The largest absolute Gasteiger partial charge is 0.261 e. The molecule has 68 valence electrons. The van der Waals surface area contributed by atoms with Gasteiger partial charge in [-0.05, 0) is 20.8 Å². The van der Waals surface area contributed by atoms with E-state index in [9.17, 15) is 0 Å². The van der Waals surface area contributed by atoms with E-state index in [2.05, 4.69) is 20.2 Å². The van der Waals surface area contributed by atoms with Crippen molar-refractivity contribution in [2.45, 2.75) is 20.8 Å². The molecule has 0 unspecified atom stereocenters. The summed E-state index contributed by atoms with van der Waals surface area (Å²) in [6.45, 7) is 5.65. The fourth-order valence-electron chi connectivity index (χ4n) is 0.712. The fourth-order valence-corrected chi connectivity index (χ4v) is 0.712. The monoisotopic (exact) mass is 176 g/mol. The van der Waals surface area contributed by atoms with Crippen LogP contribution in [0.3, 0.4) is 0 Å². The Morgan fingerprint density at radius 2 is 1.92 bits per heavy atom. The molecular weight excluding hydrogens is 164 g/mol. The molecule has 0 aliphatic rings. The highest BCUT2D eigenvalue weighted by Crippen LogP contribution is 1.94. The summed E-state index contributed by atoms with van der Waals surface area (Å²) in [5.41, 5.74) is 2.45. The first-order valence-corrected chi connectivity index (χ1v) is 4.02. The van der Waals surface area contributed by atoms with Crippen LogP contribution in [0.4, 0.5) is 0 Å². The van der Waals surface area contributed by atoms with Gasteiger partial charge in [-0.25, -0.2) is 0 Å². The molecule has 4 heteroatoms. The van der Waals surface area contributed by atoms with Crippen molar-refractivity contribution in [1.82, 2.24) is 9.97 Å². The first-order valence-electron chi connectivity index (χ1n) is 4.02. The first kappa shape index (κ1) is 9.51. The van der Waals surface area contributed by atoms with Crippen molar-refractivity contribution in [3.8, 4) is 0 Å². The molecule has 0 spiro atoms. The van der Waals surface area contributed by atoms with Crippen LogP contribution < -0.4 is 0 Å². The molecule has 1 aromatic rings. The number of rotatable bonds is 2. The third-order valence-electron chi connectivity index (χ3n) is 1.33. The molecule has 0 saturated heterocycles. The average Bonchev–Trinajstić information content (AvgIpc) is 2.15. The Labute approximate surface area is 77.5 Å². The third kappa shape index (κ3) is 3.11. The lowest BCUT2D eigenvalue weighted by molar-refractivity contribution is 1.15. The molecule has 0 aliphatic carbocycles. The van der Waals surface area contributed by atoms with Crippen LogP contribution in [0.1, 0.15) is 26.5 Å². The maximum Gasteiger partial charge on any atom is 0.104 e. The molecule has 1 aromatic heterocycles. The van der Waals surface area contributed by atoms with Crippen molar-refractivity contribution >= 4 is 11.4 Å². The number of aromatic nitrogens is 2. The van der Waals surface area contributed by atoms with E-state index in [1.165, 1.54) is 0 Å². The lowest BCUT2D eigenvalue weighted by Gasteiger charge is -1.94. The van der Waals surface area contributed by atoms with Crippen LogP contribution in [0, 0.1) is 0 Å². The summed E-state index contributed by atoms with van der Waals surface area (Å²) in [6.07, 6.45) is 4.93. The Hall–Kier alpha value is -1.58. The minimum absolute atomic E-state index is 0.757. The minimum Gasteiger partial charge on any atom is -0.261 e. The molecule has 13 heavy (non-hydrogen) atoms. The van der Waals surface area contributed by atoms with E-state index < -0.39 is 0 Å². The fraction of sp³-hybridized carbons (Fsp3) is 0.333. The second-order valence-electron chi connectivity index (χ2n) is 2.82. The van der Waals surface area contributed by atoms with Crippen molar-refractivity contribution < 1.29 is 0 Å². The number of hydrogen-bond donors (Lipinski definition) is 0. The van der Waals surface area contributed by atoms with Crippen LogP contribution >= 0.6 is 0 Å². The van der Waals surface area contributed by atoms with Crippen molar-refractivity contribution in [1.29, 1.82) is 0 Å². The average molecular weight is 176 g/mol. The molecule has 0 atom stereocenters. The summed E-state index contributed by atoms with van der Waals surface area (Å²) in [5.74, 6) is 0. The zero-order valence-electron chi connectivity index (χ0n) is 8.02. The minimum atomic E-state index is 0.757. The molecule has 0 aromatic carbocycles. The quantitative estimate of drug-likeness (QED) is 0.508. The van der Waals surface area contributed by atoms with Gasteiger partial charge in [0.05, 0.1) is 11.9 Å². The van der Waals surface area contributed by atoms with Crippen LogP contribution in [0.2, 0.25) is 0 Å². The highest BCUT2D eigenvalue weighted by molar-refractivity contribution is 5.97. The highest BCUT2D eigenvalue weighted by atomic mass is 15.2. The van der Waals surface area contributed by atoms with Gasteiger partial charge in [0.25, 0.3) is 0 Å². The normalized spacial score (nSPS) is 11.2. The molecule has 1 heterocycles. The van der Waals surface area contributed by atoms with Gasteiger partial charge in [-0.1, -0.05) is 0 Å². The summed E-state index contributed by atoms with van der Waals surface area (Å²) in [7, 11) is 0. The molecular formula is C9H12N4. The summed E-state index contributed by atoms with van der Waals surface area (Å²) >= 11 is 0. The van der Waals surface area contributed by atoms with Crippen molar-refractivity contribution in [2.75, 3.05) is 0 Å². The van der Waals surface area contributed by atoms with E-state index in [4.69, 9.17) is 0 Å². The van der Waals surface area contributed by atoms with Gasteiger partial charge in [-0.15, -0.1) is 0 Å². The summed E-state index contributed by atoms with van der Waals surface area (Å²) < 4.78 is 0. The van der Waals surface area contributed by atoms with Gasteiger partial charge in [0.2, 0.25) is 0 Å². The van der Waals surface area contributed by atoms with Gasteiger partial charge >= 0.3 is 0 Å². The van der Waals surface area contributed by atoms with Gasteiger partial charge in [0.15, 0.2) is 0 Å². The predicted octanol–water partition coefficient (Wildman–Crippen LogP) is 1.68. The van der Waals surface area contributed by atoms with Gasteiger partial charge in [-0.3, -0.25) is 9.97 Å². The molecule has 1 rings (SSSR count). The molecule has 0 amide bonds. The van der Waals surface area contributed by atoms with E-state index in [1.54, 1.807) is 18.6 Å². The Morgan fingerprint density at radius 3 is 2.46 bits per heavy atom. The van der Waals surface area contributed by atoms with E-state index >= 15 is 0 Å². The van der Waals surface area contributed by atoms with Gasteiger partial charge in [-0.2, -0.15) is 10.2 Å². The van der Waals surface area contributed by atoms with Gasteiger partial charge < -0.3 is 0 Å². The van der Waals surface area contributed by atoms with E-state index in [0.29, 0.717) is 0 Å². The highest BCUT2D eigenvalue weighted by Gasteiger charge is 1.96. The van der Waals surface area contributed by atoms with Crippen LogP contribution in [0.15, 0.2) is 28.8 Å². The Morgan fingerprint density at radius 1 is 1.15 bits per heavy atom. The Kier molecular flexibility index (Phi) is 3.25. The zero-order valence-corrected chi connectivity index (χ0v) is 8.02. The Balaban J connectivity index is 2.86. The van der Waals surface area contributed by atoms with Crippen LogP contribution in [-0.4, -0.2) is 21.4 Å². The summed E-state index contributed by atoms with van der Waals surface area (Å²) in [4.78, 5) is 8.04. The van der Waals surface area contributed by atoms with Crippen LogP contribution in [-0.2, 0) is 0 Å². The van der Waals surface area contributed by atoms with Gasteiger partial charge in [0.1, 0.15) is 5.69 Å². The van der Waals surface area contributed by atoms with Crippen LogP contribution in [0.25, 0.3) is 0 Å².